The lowest BCUT2D eigenvalue weighted by Gasteiger charge is -2.05. The number of nitro groups is 1. The van der Waals surface area contributed by atoms with Crippen molar-refractivity contribution in [3.63, 3.8) is 0 Å². The standard InChI is InChI=1S/C16H17N5O3/c22-16(17-7-8-20-11-13(10-19-20)21(23)24)6-5-12-9-18-15-4-2-1-3-14(12)15/h1-4,9-11,18H,5-8H2,(H,17,22). The Morgan fingerprint density at radius 1 is 1.38 bits per heavy atom. The van der Waals surface area contributed by atoms with Crippen LogP contribution in [0.3, 0.4) is 0 Å². The Morgan fingerprint density at radius 3 is 3.00 bits per heavy atom. The molecule has 3 rings (SSSR count). The third-order valence-electron chi connectivity index (χ3n) is 3.79. The van der Waals surface area contributed by atoms with E-state index in [0.717, 1.165) is 16.5 Å². The molecule has 0 unspecified atom stereocenters. The molecule has 0 saturated carbocycles. The lowest BCUT2D eigenvalue weighted by molar-refractivity contribution is -0.385. The highest BCUT2D eigenvalue weighted by Crippen LogP contribution is 2.18. The number of aryl methyl sites for hydroxylation is 1. The van der Waals surface area contributed by atoms with Gasteiger partial charge in [-0.2, -0.15) is 5.10 Å². The molecule has 1 amide bonds. The van der Waals surface area contributed by atoms with E-state index in [0.29, 0.717) is 25.9 Å². The largest absolute Gasteiger partial charge is 0.361 e. The van der Waals surface area contributed by atoms with Gasteiger partial charge in [-0.25, -0.2) is 0 Å². The number of H-pyrrole nitrogens is 1. The highest BCUT2D eigenvalue weighted by molar-refractivity contribution is 5.84. The Balaban J connectivity index is 1.45. The van der Waals surface area contributed by atoms with Gasteiger partial charge in [-0.05, 0) is 18.1 Å². The first-order valence-corrected chi connectivity index (χ1v) is 7.62. The van der Waals surface area contributed by atoms with Gasteiger partial charge in [-0.1, -0.05) is 18.2 Å². The first-order chi connectivity index (χ1) is 11.6. The molecular weight excluding hydrogens is 310 g/mol. The fourth-order valence-corrected chi connectivity index (χ4v) is 2.55. The van der Waals surface area contributed by atoms with Crippen LogP contribution in [-0.4, -0.2) is 32.1 Å². The molecular formula is C16H17N5O3. The summed E-state index contributed by atoms with van der Waals surface area (Å²) in [5.41, 5.74) is 2.12. The zero-order valence-corrected chi connectivity index (χ0v) is 12.9. The van der Waals surface area contributed by atoms with Gasteiger partial charge in [0.05, 0.1) is 11.5 Å². The fraction of sp³-hybridized carbons (Fsp3) is 0.250. The molecule has 0 spiro atoms. The smallest absolute Gasteiger partial charge is 0.306 e. The summed E-state index contributed by atoms with van der Waals surface area (Å²) >= 11 is 0. The van der Waals surface area contributed by atoms with E-state index >= 15 is 0 Å². The van der Waals surface area contributed by atoms with E-state index in [1.54, 1.807) is 0 Å². The van der Waals surface area contributed by atoms with E-state index in [-0.39, 0.29) is 11.6 Å². The molecule has 2 heterocycles. The minimum Gasteiger partial charge on any atom is -0.361 e. The van der Waals surface area contributed by atoms with Crippen molar-refractivity contribution in [1.29, 1.82) is 0 Å². The summed E-state index contributed by atoms with van der Waals surface area (Å²) in [6, 6.07) is 7.98. The maximum atomic E-state index is 11.9. The molecule has 124 valence electrons. The van der Waals surface area contributed by atoms with Crippen LogP contribution < -0.4 is 5.32 Å². The second-order valence-electron chi connectivity index (χ2n) is 5.43. The van der Waals surface area contributed by atoms with Gasteiger partial charge in [0, 0.05) is 30.1 Å². The third kappa shape index (κ3) is 3.60. The third-order valence-corrected chi connectivity index (χ3v) is 3.79. The number of fused-ring (bicyclic) bond motifs is 1. The molecule has 0 bridgehead atoms. The Hall–Kier alpha value is -3.16. The van der Waals surface area contributed by atoms with Gasteiger partial charge >= 0.3 is 5.69 Å². The SMILES string of the molecule is O=C(CCc1c[nH]c2ccccc12)NCCn1cc([N+](=O)[O-])cn1. The van der Waals surface area contributed by atoms with Crippen LogP contribution in [0.4, 0.5) is 5.69 Å². The summed E-state index contributed by atoms with van der Waals surface area (Å²) in [7, 11) is 0. The number of benzene rings is 1. The van der Waals surface area contributed by atoms with Crippen molar-refractivity contribution < 1.29 is 9.72 Å². The number of nitrogens with zero attached hydrogens (tertiary/aromatic N) is 3. The Bertz CT molecular complexity index is 867. The molecule has 8 heteroatoms. The molecule has 8 nitrogen and oxygen atoms in total. The summed E-state index contributed by atoms with van der Waals surface area (Å²) in [4.78, 5) is 25.2. The molecule has 0 aliphatic carbocycles. The van der Waals surface area contributed by atoms with E-state index in [4.69, 9.17) is 0 Å². The predicted molar refractivity (Wildman–Crippen MR) is 88.5 cm³/mol. The second-order valence-corrected chi connectivity index (χ2v) is 5.43. The number of nitrogens with one attached hydrogen (secondary N) is 2. The molecule has 3 aromatic rings. The molecule has 0 radical (unpaired) electrons. The van der Waals surface area contributed by atoms with Crippen LogP contribution in [-0.2, 0) is 17.8 Å². The highest BCUT2D eigenvalue weighted by atomic mass is 16.6. The molecule has 0 fully saturated rings. The van der Waals surface area contributed by atoms with Gasteiger partial charge in [-0.15, -0.1) is 0 Å². The zero-order chi connectivity index (χ0) is 16.9. The van der Waals surface area contributed by atoms with Crippen LogP contribution in [0.1, 0.15) is 12.0 Å². The van der Waals surface area contributed by atoms with Crippen LogP contribution in [0, 0.1) is 10.1 Å². The number of hydrogen-bond donors (Lipinski definition) is 2. The number of rotatable bonds is 7. The van der Waals surface area contributed by atoms with Crippen LogP contribution in [0.2, 0.25) is 0 Å². The van der Waals surface area contributed by atoms with Gasteiger partial charge < -0.3 is 10.3 Å². The van der Waals surface area contributed by atoms with Crippen molar-refractivity contribution in [3.8, 4) is 0 Å². The van der Waals surface area contributed by atoms with Gasteiger partial charge in [0.15, 0.2) is 0 Å². The fourth-order valence-electron chi connectivity index (χ4n) is 2.55. The van der Waals surface area contributed by atoms with Gasteiger partial charge in [0.25, 0.3) is 0 Å². The van der Waals surface area contributed by atoms with Gasteiger partial charge in [-0.3, -0.25) is 19.6 Å². The Morgan fingerprint density at radius 2 is 2.21 bits per heavy atom. The molecule has 2 aromatic heterocycles. The number of carbonyl (C=O) groups is 1. The van der Waals surface area contributed by atoms with Crippen LogP contribution >= 0.6 is 0 Å². The first-order valence-electron chi connectivity index (χ1n) is 7.62. The van der Waals surface area contributed by atoms with Gasteiger partial charge in [0.2, 0.25) is 5.91 Å². The second kappa shape index (κ2) is 6.95. The number of aromatic nitrogens is 3. The number of carbonyl (C=O) groups excluding carboxylic acids is 1. The molecule has 0 aliphatic heterocycles. The highest BCUT2D eigenvalue weighted by Gasteiger charge is 2.09. The summed E-state index contributed by atoms with van der Waals surface area (Å²) in [6.45, 7) is 0.776. The number of amides is 1. The van der Waals surface area contributed by atoms with Crippen molar-refractivity contribution in [1.82, 2.24) is 20.1 Å². The normalized spacial score (nSPS) is 10.8. The Kier molecular flexibility index (Phi) is 4.55. The monoisotopic (exact) mass is 327 g/mol. The summed E-state index contributed by atoms with van der Waals surface area (Å²) < 4.78 is 1.44. The average molecular weight is 327 g/mol. The van der Waals surface area contributed by atoms with E-state index in [2.05, 4.69) is 15.4 Å². The van der Waals surface area contributed by atoms with Gasteiger partial charge in [0.1, 0.15) is 12.4 Å². The molecule has 0 saturated heterocycles. The lowest BCUT2D eigenvalue weighted by atomic mass is 10.1. The van der Waals surface area contributed by atoms with Crippen molar-refractivity contribution in [2.75, 3.05) is 6.54 Å². The van der Waals surface area contributed by atoms with E-state index < -0.39 is 4.92 Å². The van der Waals surface area contributed by atoms with Crippen molar-refractivity contribution in [3.05, 3.63) is 58.5 Å². The number of aromatic amines is 1. The quantitative estimate of drug-likeness (QED) is 0.511. The Labute approximate surface area is 137 Å². The average Bonchev–Trinajstić information content (AvgIpc) is 3.20. The van der Waals surface area contributed by atoms with Crippen LogP contribution in [0.25, 0.3) is 10.9 Å². The molecule has 0 atom stereocenters. The minimum absolute atomic E-state index is 0.0538. The van der Waals surface area contributed by atoms with Crippen molar-refractivity contribution >= 4 is 22.5 Å². The first kappa shape index (κ1) is 15.7. The lowest BCUT2D eigenvalue weighted by Crippen LogP contribution is -2.27. The molecule has 0 aliphatic rings. The van der Waals surface area contributed by atoms with Crippen LogP contribution in [0.15, 0.2) is 42.9 Å². The van der Waals surface area contributed by atoms with E-state index in [1.165, 1.54) is 17.1 Å². The maximum Gasteiger partial charge on any atom is 0.306 e. The number of hydrogen-bond acceptors (Lipinski definition) is 4. The molecule has 2 N–H and O–H groups in total. The molecule has 24 heavy (non-hydrogen) atoms. The minimum atomic E-state index is -0.497. The maximum absolute atomic E-state index is 11.9. The van der Waals surface area contributed by atoms with Crippen molar-refractivity contribution in [2.24, 2.45) is 0 Å². The zero-order valence-electron chi connectivity index (χ0n) is 12.9. The molecule has 1 aromatic carbocycles. The van der Waals surface area contributed by atoms with Crippen molar-refractivity contribution in [2.45, 2.75) is 19.4 Å². The topological polar surface area (TPSA) is 106 Å². The summed E-state index contributed by atoms with van der Waals surface area (Å²) in [5.74, 6) is -0.0538. The summed E-state index contributed by atoms with van der Waals surface area (Å²) in [6.07, 6.45) is 5.52. The summed E-state index contributed by atoms with van der Waals surface area (Å²) in [5, 5.41) is 18.4. The van der Waals surface area contributed by atoms with E-state index in [9.17, 15) is 14.9 Å². The van der Waals surface area contributed by atoms with E-state index in [1.807, 2.05) is 30.5 Å². The number of para-hydroxylation sites is 1. The van der Waals surface area contributed by atoms with Crippen LogP contribution in [0.5, 0.6) is 0 Å². The predicted octanol–water partition coefficient (Wildman–Crippen LogP) is 2.02.